The first-order chi connectivity index (χ1) is 11.2. The van der Waals surface area contributed by atoms with Gasteiger partial charge in [0.25, 0.3) is 0 Å². The molecule has 0 spiro atoms. The molecule has 4 heteroatoms. The molecule has 0 aliphatic rings. The van der Waals surface area contributed by atoms with Crippen LogP contribution in [-0.2, 0) is 0 Å². The molecule has 116 valence electrons. The number of hydrogen-bond acceptors (Lipinski definition) is 4. The van der Waals surface area contributed by atoms with Crippen LogP contribution in [0.2, 0.25) is 0 Å². The lowest BCUT2D eigenvalue weighted by atomic mass is 10.1. The van der Waals surface area contributed by atoms with E-state index in [0.717, 1.165) is 16.5 Å². The van der Waals surface area contributed by atoms with Crippen molar-refractivity contribution in [3.63, 3.8) is 0 Å². The number of rotatable bonds is 4. The number of ether oxygens (including phenoxy) is 2. The maximum atomic E-state index is 11.7. The average Bonchev–Trinajstić information content (AvgIpc) is 2.59. The van der Waals surface area contributed by atoms with Crippen LogP contribution in [0, 0.1) is 0 Å². The van der Waals surface area contributed by atoms with Crippen LogP contribution in [0.3, 0.4) is 0 Å². The van der Waals surface area contributed by atoms with Crippen LogP contribution in [0.25, 0.3) is 23.1 Å². The van der Waals surface area contributed by atoms with Crippen molar-refractivity contribution < 1.29 is 13.9 Å². The molecule has 0 saturated heterocycles. The molecule has 23 heavy (non-hydrogen) atoms. The normalized spacial score (nSPS) is 11.0. The van der Waals surface area contributed by atoms with E-state index < -0.39 is 0 Å². The molecule has 0 unspecified atom stereocenters. The van der Waals surface area contributed by atoms with Crippen molar-refractivity contribution >= 4 is 23.1 Å². The van der Waals surface area contributed by atoms with Gasteiger partial charge in [-0.2, -0.15) is 0 Å². The summed E-state index contributed by atoms with van der Waals surface area (Å²) in [7, 11) is 3.22. The van der Waals surface area contributed by atoms with Gasteiger partial charge in [0.2, 0.25) is 0 Å². The third-order valence-electron chi connectivity index (χ3n) is 3.51. The monoisotopic (exact) mass is 308 g/mol. The molecule has 3 aromatic rings. The Labute approximate surface area is 133 Å². The summed E-state index contributed by atoms with van der Waals surface area (Å²) in [4.78, 5) is 11.7. The highest BCUT2D eigenvalue weighted by Gasteiger charge is 2.03. The molecule has 2 aromatic carbocycles. The van der Waals surface area contributed by atoms with E-state index in [1.54, 1.807) is 20.3 Å². The van der Waals surface area contributed by atoms with E-state index in [1.165, 1.54) is 6.07 Å². The second-order valence-corrected chi connectivity index (χ2v) is 5.00. The van der Waals surface area contributed by atoms with Gasteiger partial charge in [-0.25, -0.2) is 4.79 Å². The Morgan fingerprint density at radius 3 is 2.30 bits per heavy atom. The number of para-hydroxylation sites is 1. The van der Waals surface area contributed by atoms with Crippen LogP contribution in [0.5, 0.6) is 11.5 Å². The third kappa shape index (κ3) is 3.26. The van der Waals surface area contributed by atoms with E-state index in [-0.39, 0.29) is 5.63 Å². The van der Waals surface area contributed by atoms with Gasteiger partial charge < -0.3 is 13.9 Å². The minimum atomic E-state index is -0.369. The number of fused-ring (bicyclic) bond motifs is 1. The molecule has 1 heterocycles. The maximum absolute atomic E-state index is 11.7. The predicted octanol–water partition coefficient (Wildman–Crippen LogP) is 3.98. The second-order valence-electron chi connectivity index (χ2n) is 5.00. The minimum Gasteiger partial charge on any atom is -0.497 e. The Morgan fingerprint density at radius 1 is 0.913 bits per heavy atom. The van der Waals surface area contributed by atoms with E-state index in [2.05, 4.69) is 0 Å². The van der Waals surface area contributed by atoms with Crippen LogP contribution in [0.1, 0.15) is 11.1 Å². The molecule has 0 amide bonds. The Kier molecular flexibility index (Phi) is 4.15. The fourth-order valence-electron chi connectivity index (χ4n) is 2.39. The third-order valence-corrected chi connectivity index (χ3v) is 3.51. The van der Waals surface area contributed by atoms with E-state index >= 15 is 0 Å². The summed E-state index contributed by atoms with van der Waals surface area (Å²) < 4.78 is 15.7. The molecule has 0 saturated carbocycles. The van der Waals surface area contributed by atoms with Crippen molar-refractivity contribution in [3.05, 3.63) is 70.1 Å². The Balaban J connectivity index is 2.05. The molecular formula is C19H16O4. The Hall–Kier alpha value is -3.01. The first-order valence-electron chi connectivity index (χ1n) is 7.13. The van der Waals surface area contributed by atoms with Gasteiger partial charge in [0.1, 0.15) is 17.1 Å². The SMILES string of the molecule is COc1cc(/C=C/c2cc(=O)oc3ccccc23)cc(OC)c1. The maximum Gasteiger partial charge on any atom is 0.336 e. The highest BCUT2D eigenvalue weighted by Crippen LogP contribution is 2.25. The van der Waals surface area contributed by atoms with E-state index in [1.807, 2.05) is 48.6 Å². The van der Waals surface area contributed by atoms with Crippen molar-refractivity contribution in [2.75, 3.05) is 14.2 Å². The molecule has 0 aliphatic carbocycles. The zero-order valence-electron chi connectivity index (χ0n) is 12.9. The highest BCUT2D eigenvalue weighted by molar-refractivity contribution is 5.89. The van der Waals surface area contributed by atoms with Gasteiger partial charge >= 0.3 is 5.63 Å². The fourth-order valence-corrected chi connectivity index (χ4v) is 2.39. The zero-order chi connectivity index (χ0) is 16.2. The standard InChI is InChI=1S/C19H16O4/c1-21-15-9-13(10-16(12-15)22-2)7-8-14-11-19(20)23-18-6-4-3-5-17(14)18/h3-12H,1-2H3/b8-7+. The molecular weight excluding hydrogens is 292 g/mol. The lowest BCUT2D eigenvalue weighted by Crippen LogP contribution is -1.97. The molecule has 0 atom stereocenters. The largest absolute Gasteiger partial charge is 0.497 e. The van der Waals surface area contributed by atoms with Crippen molar-refractivity contribution in [1.29, 1.82) is 0 Å². The minimum absolute atomic E-state index is 0.369. The van der Waals surface area contributed by atoms with E-state index in [0.29, 0.717) is 17.1 Å². The van der Waals surface area contributed by atoms with Gasteiger partial charge in [-0.05, 0) is 29.3 Å². The lowest BCUT2D eigenvalue weighted by Gasteiger charge is -2.06. The van der Waals surface area contributed by atoms with E-state index in [9.17, 15) is 4.79 Å². The van der Waals surface area contributed by atoms with Crippen molar-refractivity contribution in [2.24, 2.45) is 0 Å². The topological polar surface area (TPSA) is 48.7 Å². The molecule has 0 fully saturated rings. The highest BCUT2D eigenvalue weighted by atomic mass is 16.5. The summed E-state index contributed by atoms with van der Waals surface area (Å²) in [5.41, 5.74) is 1.92. The summed E-state index contributed by atoms with van der Waals surface area (Å²) in [5.74, 6) is 1.42. The van der Waals surface area contributed by atoms with Crippen molar-refractivity contribution in [2.45, 2.75) is 0 Å². The second kappa shape index (κ2) is 6.40. The van der Waals surface area contributed by atoms with Gasteiger partial charge in [-0.3, -0.25) is 0 Å². The molecule has 4 nitrogen and oxygen atoms in total. The Bertz CT molecular complexity index is 900. The Morgan fingerprint density at radius 2 is 1.61 bits per heavy atom. The summed E-state index contributed by atoms with van der Waals surface area (Å²) in [6.45, 7) is 0. The molecule has 3 rings (SSSR count). The van der Waals surface area contributed by atoms with Crippen molar-refractivity contribution in [1.82, 2.24) is 0 Å². The van der Waals surface area contributed by atoms with Gasteiger partial charge in [-0.1, -0.05) is 30.4 Å². The molecule has 0 radical (unpaired) electrons. The number of benzene rings is 2. The van der Waals surface area contributed by atoms with Gasteiger partial charge in [0.05, 0.1) is 14.2 Å². The molecule has 1 aromatic heterocycles. The zero-order valence-corrected chi connectivity index (χ0v) is 12.9. The number of methoxy groups -OCH3 is 2. The lowest BCUT2D eigenvalue weighted by molar-refractivity contribution is 0.394. The first kappa shape index (κ1) is 14.9. The fraction of sp³-hybridized carbons (Fsp3) is 0.105. The van der Waals surface area contributed by atoms with Crippen LogP contribution in [0.4, 0.5) is 0 Å². The molecule has 0 N–H and O–H groups in total. The van der Waals surface area contributed by atoms with Crippen LogP contribution in [0.15, 0.2) is 57.7 Å². The smallest absolute Gasteiger partial charge is 0.336 e. The van der Waals surface area contributed by atoms with Gasteiger partial charge in [0.15, 0.2) is 0 Å². The van der Waals surface area contributed by atoms with Gasteiger partial charge in [-0.15, -0.1) is 0 Å². The van der Waals surface area contributed by atoms with Crippen LogP contribution in [-0.4, -0.2) is 14.2 Å². The summed E-state index contributed by atoms with van der Waals surface area (Å²) in [6.07, 6.45) is 3.79. The predicted molar refractivity (Wildman–Crippen MR) is 91.0 cm³/mol. The molecule has 0 bridgehead atoms. The molecule has 0 aliphatic heterocycles. The van der Waals surface area contributed by atoms with Gasteiger partial charge in [0, 0.05) is 17.5 Å². The summed E-state index contributed by atoms with van der Waals surface area (Å²) in [6, 6.07) is 14.5. The summed E-state index contributed by atoms with van der Waals surface area (Å²) in [5, 5.41) is 0.887. The van der Waals surface area contributed by atoms with E-state index in [4.69, 9.17) is 13.9 Å². The van der Waals surface area contributed by atoms with Crippen LogP contribution >= 0.6 is 0 Å². The number of hydrogen-bond donors (Lipinski definition) is 0. The van der Waals surface area contributed by atoms with Crippen molar-refractivity contribution in [3.8, 4) is 11.5 Å². The summed E-state index contributed by atoms with van der Waals surface area (Å²) >= 11 is 0. The van der Waals surface area contributed by atoms with Crippen LogP contribution < -0.4 is 15.1 Å². The average molecular weight is 308 g/mol. The first-order valence-corrected chi connectivity index (χ1v) is 7.13. The quantitative estimate of drug-likeness (QED) is 0.684.